The van der Waals surface area contributed by atoms with Crippen LogP contribution in [-0.2, 0) is 57.2 Å². The van der Waals surface area contributed by atoms with Crippen molar-refractivity contribution in [1.82, 2.24) is 10.6 Å². The summed E-state index contributed by atoms with van der Waals surface area (Å²) >= 11 is 1.94. The van der Waals surface area contributed by atoms with Gasteiger partial charge >= 0.3 is 17.9 Å². The van der Waals surface area contributed by atoms with Gasteiger partial charge in [0.05, 0.1) is 57.6 Å². The van der Waals surface area contributed by atoms with E-state index >= 15 is 0 Å². The molecule has 0 spiro atoms. The van der Waals surface area contributed by atoms with Crippen LogP contribution >= 0.6 is 47.0 Å². The fourth-order valence-corrected chi connectivity index (χ4v) is 7.36. The number of Topliss-reactive ketones (excluding diaryl/α,β-unsaturated/α-hetero) is 1. The van der Waals surface area contributed by atoms with Gasteiger partial charge in [0, 0.05) is 26.0 Å². The monoisotopic (exact) mass is 1050 g/mol. The number of alkyl halides is 1. The predicted molar refractivity (Wildman–Crippen MR) is 259 cm³/mol. The molecule has 0 heterocycles. The van der Waals surface area contributed by atoms with Gasteiger partial charge in [-0.25, -0.2) is 0 Å². The average Bonchev–Trinajstić information content (AvgIpc) is 3.20. The molecule has 0 saturated heterocycles. The molecule has 0 aromatic heterocycles. The summed E-state index contributed by atoms with van der Waals surface area (Å²) in [7, 11) is -1.13. The van der Waals surface area contributed by atoms with Crippen molar-refractivity contribution in [3.63, 3.8) is 0 Å². The molecule has 0 saturated carbocycles. The van der Waals surface area contributed by atoms with Crippen molar-refractivity contribution in [3.05, 3.63) is 0 Å². The van der Waals surface area contributed by atoms with Gasteiger partial charge in [-0.15, -0.1) is 8.58 Å². The minimum absolute atomic E-state index is 0.133. The highest BCUT2D eigenvalue weighted by Crippen LogP contribution is 2.45. The van der Waals surface area contributed by atoms with Gasteiger partial charge in [-0.05, 0) is 93.6 Å². The van der Waals surface area contributed by atoms with E-state index in [1.165, 1.54) is 0 Å². The van der Waals surface area contributed by atoms with Crippen LogP contribution in [0.5, 0.6) is 0 Å². The van der Waals surface area contributed by atoms with Crippen molar-refractivity contribution < 1.29 is 57.2 Å². The number of ketones is 1. The lowest BCUT2D eigenvalue weighted by atomic mass is 9.91. The van der Waals surface area contributed by atoms with Gasteiger partial charge in [-0.2, -0.15) is 0 Å². The summed E-state index contributed by atoms with van der Waals surface area (Å²) < 4.78 is 35.0. The van der Waals surface area contributed by atoms with Gasteiger partial charge in [-0.1, -0.05) is 58.2 Å². The molecule has 360 valence electrons. The Balaban J connectivity index is 5.27. The lowest BCUT2D eigenvalue weighted by Gasteiger charge is -2.36. The largest absolute Gasteiger partial charge is 0.464 e. The van der Waals surface area contributed by atoms with Crippen LogP contribution in [0.1, 0.15) is 93.4 Å². The van der Waals surface area contributed by atoms with Gasteiger partial charge in [0.1, 0.15) is 32.5 Å². The van der Waals surface area contributed by atoms with Crippen molar-refractivity contribution in [2.24, 2.45) is 11.1 Å². The topological polar surface area (TPSA) is 232 Å². The maximum absolute atomic E-state index is 13.3. The minimum Gasteiger partial charge on any atom is -0.464 e. The van der Waals surface area contributed by atoms with E-state index in [-0.39, 0.29) is 93.7 Å². The number of hydrogen-bond acceptors (Lipinski definition) is 13. The number of carbonyl (C=O) groups excluding carboxylic acids is 6. The highest BCUT2D eigenvalue weighted by molar-refractivity contribution is 14.1. The summed E-state index contributed by atoms with van der Waals surface area (Å²) in [6, 6.07) is -0.651. The van der Waals surface area contributed by atoms with Crippen molar-refractivity contribution in [2.45, 2.75) is 115 Å². The van der Waals surface area contributed by atoms with E-state index in [4.69, 9.17) is 39.6 Å². The summed E-state index contributed by atoms with van der Waals surface area (Å²) in [6.45, 7) is 20.9. The lowest BCUT2D eigenvalue weighted by molar-refractivity contribution is -0.170. The Morgan fingerprint density at radius 1 is 0.710 bits per heavy atom. The first kappa shape index (κ1) is 60.4. The van der Waals surface area contributed by atoms with Crippen molar-refractivity contribution in [2.75, 3.05) is 103 Å². The Labute approximate surface area is 389 Å². The Morgan fingerprint density at radius 2 is 1.24 bits per heavy atom. The fourth-order valence-electron chi connectivity index (χ4n) is 5.18. The second-order valence-electron chi connectivity index (χ2n) is 17.3. The molecule has 62 heavy (non-hydrogen) atoms. The van der Waals surface area contributed by atoms with E-state index in [9.17, 15) is 28.8 Å². The molecule has 2 amide bonds. The van der Waals surface area contributed by atoms with Crippen LogP contribution in [-0.4, -0.2) is 166 Å². The Bertz CT molecular complexity index is 1380. The molecule has 2 atom stereocenters. The van der Waals surface area contributed by atoms with Crippen LogP contribution in [0.3, 0.4) is 0 Å². The molecule has 5 N–H and O–H groups in total. The van der Waals surface area contributed by atoms with Gasteiger partial charge < -0.3 is 44.8 Å². The Kier molecular flexibility index (Phi) is 30.5. The molecule has 0 radical (unpaired) electrons. The van der Waals surface area contributed by atoms with Crippen molar-refractivity contribution in [3.8, 4) is 0 Å². The van der Waals surface area contributed by atoms with Crippen LogP contribution < -0.4 is 16.4 Å². The lowest BCUT2D eigenvalue weighted by Crippen LogP contribution is -2.47. The Hall–Kier alpha value is -1.61. The van der Waals surface area contributed by atoms with Crippen molar-refractivity contribution in [1.29, 1.82) is 5.41 Å². The molecule has 0 fully saturated rings. The number of rotatable bonds is 36. The Morgan fingerprint density at radius 3 is 1.74 bits per heavy atom. The standard InChI is InChI=1S/C42H78IN4O12P3/c1-12-60-39(2,3)36(51)57-28-42(29-58-37(52)40(4,5)61(8)9,30-59-38(53)41(6,7)62(10)11)27-56-26-31(48)17-16-21-54-23-24-55-22-20-46-35(50)32(47-34(49)25-43)18-14-13-15-19-33(44)45/h32,60H,12-30H2,1-11H3,(H3,44,45)(H,46,50)(H,47,49)/t32-/m0/s1. The first-order valence-electron chi connectivity index (χ1n) is 21.2. The second-order valence-corrected chi connectivity index (χ2v) is 26.2. The number of halogens is 1. The zero-order valence-electron chi connectivity index (χ0n) is 39.3. The third-order valence-corrected chi connectivity index (χ3v) is 17.4. The van der Waals surface area contributed by atoms with E-state index in [2.05, 4.69) is 10.6 Å². The second kappa shape index (κ2) is 31.3. The normalized spacial score (nSPS) is 13.0. The maximum atomic E-state index is 13.3. The molecule has 0 aliphatic rings. The van der Waals surface area contributed by atoms with E-state index in [1.54, 1.807) is 0 Å². The van der Waals surface area contributed by atoms with Gasteiger partial charge in [0.25, 0.3) is 0 Å². The number of nitrogens with two attached hydrogens (primary N) is 1. The molecule has 0 aromatic rings. The summed E-state index contributed by atoms with van der Waals surface area (Å²) in [5.74, 6) is -1.86. The first-order valence-corrected chi connectivity index (χ1v) is 28.4. The van der Waals surface area contributed by atoms with Crippen LogP contribution in [0.15, 0.2) is 0 Å². The first-order chi connectivity index (χ1) is 28.9. The maximum Gasteiger partial charge on any atom is 0.315 e. The summed E-state index contributed by atoms with van der Waals surface area (Å²) in [6.07, 6.45) is 4.65. The zero-order valence-corrected chi connectivity index (χ0v) is 44.2. The number of unbranched alkanes of at least 4 members (excludes halogenated alkanes) is 2. The highest BCUT2D eigenvalue weighted by Gasteiger charge is 2.43. The third-order valence-electron chi connectivity index (χ3n) is 10.4. The number of nitrogens with one attached hydrogen (secondary N) is 3. The quantitative estimate of drug-likeness (QED) is 0.00897. The van der Waals surface area contributed by atoms with Crippen LogP contribution in [0.4, 0.5) is 0 Å². The molecule has 16 nitrogen and oxygen atoms in total. The number of hydrogen-bond donors (Lipinski definition) is 4. The minimum atomic E-state index is -1.29. The number of esters is 3. The summed E-state index contributed by atoms with van der Waals surface area (Å²) in [5, 5.41) is 10.6. The van der Waals surface area contributed by atoms with Gasteiger partial charge in [-0.3, -0.25) is 34.2 Å². The van der Waals surface area contributed by atoms with Crippen LogP contribution in [0, 0.1) is 10.8 Å². The van der Waals surface area contributed by atoms with E-state index in [0.717, 1.165) is 19.0 Å². The van der Waals surface area contributed by atoms with Gasteiger partial charge in [0.2, 0.25) is 11.8 Å². The van der Waals surface area contributed by atoms with E-state index < -0.39 is 60.7 Å². The fraction of sp³-hybridized carbons (Fsp3) is 0.833. The predicted octanol–water partition coefficient (Wildman–Crippen LogP) is 5.44. The number of carbonyl (C=O) groups is 6. The van der Waals surface area contributed by atoms with Crippen LogP contribution in [0.2, 0.25) is 0 Å². The molecule has 1 unspecified atom stereocenters. The molecular weight excluding hydrogens is 972 g/mol. The SMILES string of the molecule is CCPC(C)(C)C(=O)OCC(COCC(=O)CCCOCCOCCNC(=O)[C@H](CCCCCC(=N)N)NC(=O)CI)(COC(=O)C(C)(C)P(C)C)COC(=O)C(C)(C)P(C)C. The summed E-state index contributed by atoms with van der Waals surface area (Å²) in [5.41, 5.74) is 4.11. The number of amidine groups is 1. The number of amides is 2. The molecule has 0 bridgehead atoms. The molecule has 0 aliphatic heterocycles. The number of ether oxygens (including phenoxy) is 6. The van der Waals surface area contributed by atoms with Gasteiger partial charge in [0.15, 0.2) is 5.78 Å². The van der Waals surface area contributed by atoms with Crippen molar-refractivity contribution >= 4 is 88.4 Å². The molecule has 0 aliphatic carbocycles. The highest BCUT2D eigenvalue weighted by atomic mass is 127. The molecular formula is C42H78IN4O12P3. The smallest absolute Gasteiger partial charge is 0.315 e. The third kappa shape index (κ3) is 24.6. The molecule has 20 heteroatoms. The molecule has 0 rings (SSSR count). The van der Waals surface area contributed by atoms with Crippen LogP contribution in [0.25, 0.3) is 0 Å². The van der Waals surface area contributed by atoms with E-state index in [0.29, 0.717) is 40.9 Å². The average molecular weight is 1050 g/mol. The zero-order chi connectivity index (χ0) is 47.6. The molecule has 0 aromatic carbocycles. The summed E-state index contributed by atoms with van der Waals surface area (Å²) in [4.78, 5) is 77.5. The van der Waals surface area contributed by atoms with E-state index in [1.807, 2.05) is 97.7 Å².